The molecule has 0 aliphatic heterocycles. The van der Waals surface area contributed by atoms with Gasteiger partial charge in [-0.3, -0.25) is 0 Å². The second-order valence-corrected chi connectivity index (χ2v) is 10.8. The third-order valence-corrected chi connectivity index (χ3v) is 8.02. The van der Waals surface area contributed by atoms with Crippen LogP contribution >= 0.6 is 0 Å². The van der Waals surface area contributed by atoms with Gasteiger partial charge in [-0.1, -0.05) is 139 Å². The van der Waals surface area contributed by atoms with Crippen LogP contribution in [-0.4, -0.2) is 9.97 Å². The highest BCUT2D eigenvalue weighted by atomic mass is 16.3. The number of nitrogens with zero attached hydrogens (tertiary/aromatic N) is 2. The molecule has 0 N–H and O–H groups in total. The molecule has 0 atom stereocenters. The molecule has 0 aliphatic rings. The lowest BCUT2D eigenvalue weighted by molar-refractivity contribution is 0.667. The highest BCUT2D eigenvalue weighted by Crippen LogP contribution is 2.39. The number of benzene rings is 8. The van der Waals surface area contributed by atoms with E-state index in [9.17, 15) is 5.48 Å². The molecule has 49 heavy (non-hydrogen) atoms. The van der Waals surface area contributed by atoms with Gasteiger partial charge in [-0.25, -0.2) is 9.97 Å². The van der Waals surface area contributed by atoms with Crippen LogP contribution in [-0.2, 0) is 0 Å². The van der Waals surface area contributed by atoms with Gasteiger partial charge in [0.25, 0.3) is 0 Å². The van der Waals surface area contributed by atoms with E-state index in [-0.39, 0.29) is 60.6 Å². The lowest BCUT2D eigenvalue weighted by Crippen LogP contribution is -1.88. The number of hydrogen-bond donors (Lipinski definition) is 0. The predicted octanol–water partition coefficient (Wildman–Crippen LogP) is 12.5. The van der Waals surface area contributed by atoms with Gasteiger partial charge in [-0.15, -0.1) is 0 Å². The number of furan rings is 1. The molecule has 2 aromatic heterocycles. The predicted molar refractivity (Wildman–Crippen MR) is 204 cm³/mol. The monoisotopic (exact) mass is 647 g/mol. The zero-order valence-corrected chi connectivity index (χ0v) is 24.7. The third kappa shape index (κ3) is 4.51. The van der Waals surface area contributed by atoms with E-state index in [0.29, 0.717) is 0 Å². The molecule has 0 saturated carbocycles. The van der Waals surface area contributed by atoms with Crippen LogP contribution in [0.1, 0.15) is 31.5 Å². The molecule has 228 valence electrons. The van der Waals surface area contributed by atoms with E-state index in [1.165, 1.54) is 18.2 Å². The van der Waals surface area contributed by atoms with Crippen molar-refractivity contribution in [1.29, 1.82) is 0 Å². The Balaban J connectivity index is 1.21. The highest BCUT2D eigenvalue weighted by molar-refractivity contribution is 6.25. The van der Waals surface area contributed by atoms with Crippen molar-refractivity contribution in [3.8, 4) is 44.6 Å². The summed E-state index contributed by atoms with van der Waals surface area (Å²) in [7, 11) is 0. The fraction of sp³-hybridized carbons (Fsp3) is 0. The maximum atomic E-state index is 9.66. The van der Waals surface area contributed by atoms with Crippen molar-refractivity contribution in [2.45, 2.75) is 0 Å². The maximum absolute atomic E-state index is 9.66. The first-order chi connectivity index (χ1) is 33.9. The fourth-order valence-corrected chi connectivity index (χ4v) is 5.79. The third-order valence-electron chi connectivity index (χ3n) is 8.02. The van der Waals surface area contributed by atoms with Crippen LogP contribution in [0.2, 0.25) is 0 Å². The van der Waals surface area contributed by atoms with Crippen molar-refractivity contribution < 1.29 is 35.9 Å². The van der Waals surface area contributed by atoms with E-state index in [2.05, 4.69) is 9.97 Å². The molecular weight excluding hydrogens is 597 g/mol. The largest absolute Gasteiger partial charge is 0.452 e. The first-order valence-corrected chi connectivity index (χ1v) is 14.7. The van der Waals surface area contributed by atoms with E-state index >= 15 is 0 Å². The van der Waals surface area contributed by atoms with Crippen LogP contribution in [0.3, 0.4) is 0 Å². The van der Waals surface area contributed by atoms with Crippen LogP contribution in [0.15, 0.2) is 174 Å². The first-order valence-electron chi connectivity index (χ1n) is 26.2. The van der Waals surface area contributed by atoms with Crippen LogP contribution in [0.5, 0.6) is 0 Å². The number of hydrogen-bond acceptors (Lipinski definition) is 3. The summed E-state index contributed by atoms with van der Waals surface area (Å²) >= 11 is 0. The zero-order valence-electron chi connectivity index (χ0n) is 47.7. The topological polar surface area (TPSA) is 38.9 Å². The minimum absolute atomic E-state index is 0.0664. The summed E-state index contributed by atoms with van der Waals surface area (Å²) in [6.07, 6.45) is 1.08. The highest BCUT2D eigenvalue weighted by Gasteiger charge is 2.17. The van der Waals surface area contributed by atoms with E-state index in [1.54, 1.807) is 0 Å². The SMILES string of the molecule is [2H]c1cc([2H])c(-c2ncnc3c2oc2ccc(-c4c([2H])c([2H])c(-c5c([2H])c([2H])c([2H])c([2H])c5[2H])c([2H])c4[2H])cc23)c([2H])c1-c1c([2H])c([2H])c2c3c([2H])c([2H])c([2H])c([2H])c3c3c([2H])c([2H])c([2H])c([2H])c3c2c1[2H]. The van der Waals surface area contributed by atoms with Gasteiger partial charge in [0.05, 0.1) is 31.5 Å². The second-order valence-electron chi connectivity index (χ2n) is 10.8. The van der Waals surface area contributed by atoms with Crippen molar-refractivity contribution in [3.05, 3.63) is 170 Å². The van der Waals surface area contributed by atoms with Gasteiger partial charge in [-0.05, 0) is 89.9 Å². The van der Waals surface area contributed by atoms with Gasteiger partial charge in [0.2, 0.25) is 0 Å². The van der Waals surface area contributed by atoms with Gasteiger partial charge < -0.3 is 4.42 Å². The van der Waals surface area contributed by atoms with Gasteiger partial charge in [0, 0.05) is 10.9 Å². The Hall–Kier alpha value is -6.58. The van der Waals surface area contributed by atoms with E-state index < -0.39 is 177 Å². The maximum Gasteiger partial charge on any atom is 0.180 e. The molecule has 3 nitrogen and oxygen atoms in total. The zero-order chi connectivity index (χ0) is 52.3. The Bertz CT molecular complexity index is 4110. The fourth-order valence-electron chi connectivity index (χ4n) is 5.79. The lowest BCUT2D eigenvalue weighted by Gasteiger charge is -2.12. The molecule has 0 radical (unpaired) electrons. The van der Waals surface area contributed by atoms with Gasteiger partial charge in [-0.2, -0.15) is 0 Å². The van der Waals surface area contributed by atoms with Gasteiger partial charge in [0.1, 0.15) is 23.1 Å². The molecule has 0 fully saturated rings. The summed E-state index contributed by atoms with van der Waals surface area (Å²) in [5.74, 6) is 0. The minimum Gasteiger partial charge on any atom is -0.452 e. The smallest absolute Gasteiger partial charge is 0.180 e. The standard InChI is InChI=1S/C46H28N2O/c1-2-9-29(10-3-1)30-17-19-31(20-18-30)33-22-24-43-42(27-33)45-46(49-43)44(47-28-48-45)35-12-8-11-32(25-35)34-21-23-40-38-15-5-4-13-36(38)37-14-6-7-16-39(37)41(40)26-34/h1-28H/i1D,2D,3D,4D,5D,6D,7D,9D,10D,11D,12D,13D,14D,15D,16D,17D,18D,19D,20D,21D,23D,25D,26D. The van der Waals surface area contributed by atoms with Crippen LogP contribution in [0.4, 0.5) is 0 Å². The van der Waals surface area contributed by atoms with Gasteiger partial charge in [0.15, 0.2) is 5.58 Å². The molecule has 0 aliphatic carbocycles. The Labute approximate surface area is 315 Å². The summed E-state index contributed by atoms with van der Waals surface area (Å²) < 4.78 is 208. The van der Waals surface area contributed by atoms with E-state index in [1.807, 2.05) is 0 Å². The Morgan fingerprint density at radius 3 is 1.73 bits per heavy atom. The second kappa shape index (κ2) is 11.0. The summed E-state index contributed by atoms with van der Waals surface area (Å²) in [5.41, 5.74) is -2.55. The molecule has 3 heteroatoms. The molecular formula is C46H28N2O. The number of rotatable bonds is 4. The summed E-state index contributed by atoms with van der Waals surface area (Å²) in [5, 5.41) is -2.12. The number of fused-ring (bicyclic) bond motifs is 9. The number of aromatic nitrogens is 2. The van der Waals surface area contributed by atoms with Crippen molar-refractivity contribution in [2.24, 2.45) is 0 Å². The first kappa shape index (κ1) is 13.1. The van der Waals surface area contributed by atoms with Crippen LogP contribution in [0.25, 0.3) is 99.0 Å². The normalized spacial score (nSPS) is 18.2. The molecule has 8 aromatic carbocycles. The molecule has 0 spiro atoms. The van der Waals surface area contributed by atoms with E-state index in [4.69, 9.17) is 30.5 Å². The van der Waals surface area contributed by atoms with E-state index in [0.717, 1.165) is 12.4 Å². The summed E-state index contributed by atoms with van der Waals surface area (Å²) in [6, 6.07) is -10.6. The Kier molecular flexibility index (Phi) is 2.95. The summed E-state index contributed by atoms with van der Waals surface area (Å²) in [4.78, 5) is 8.73. The molecule has 10 rings (SSSR count). The molecule has 0 unspecified atom stereocenters. The Morgan fingerprint density at radius 2 is 1.00 bits per heavy atom. The van der Waals surface area contributed by atoms with Gasteiger partial charge >= 0.3 is 0 Å². The van der Waals surface area contributed by atoms with Crippen molar-refractivity contribution in [1.82, 2.24) is 9.97 Å². The Morgan fingerprint density at radius 1 is 0.429 bits per heavy atom. The molecule has 0 bridgehead atoms. The van der Waals surface area contributed by atoms with Crippen molar-refractivity contribution in [3.63, 3.8) is 0 Å². The summed E-state index contributed by atoms with van der Waals surface area (Å²) in [6.45, 7) is 0. The van der Waals surface area contributed by atoms with Crippen molar-refractivity contribution >= 4 is 54.4 Å². The molecule has 0 saturated heterocycles. The van der Waals surface area contributed by atoms with Crippen molar-refractivity contribution in [2.75, 3.05) is 0 Å². The van der Waals surface area contributed by atoms with Crippen LogP contribution < -0.4 is 0 Å². The minimum atomic E-state index is -0.785. The quantitative estimate of drug-likeness (QED) is 0.178. The average Bonchev–Trinajstić information content (AvgIpc) is 3.73. The molecule has 2 heterocycles. The molecule has 10 aromatic rings. The lowest BCUT2D eigenvalue weighted by atomic mass is 9.91. The van der Waals surface area contributed by atoms with Crippen LogP contribution in [0, 0.1) is 0 Å². The molecule has 0 amide bonds. The average molecular weight is 648 g/mol.